The number of pyridine rings is 1. The molecule has 2 heterocycles. The van der Waals surface area contributed by atoms with E-state index in [1.165, 1.54) is 0 Å². The Hall–Kier alpha value is -3.12. The van der Waals surface area contributed by atoms with Gasteiger partial charge in [0, 0.05) is 31.6 Å². The Morgan fingerprint density at radius 3 is 2.42 bits per heavy atom. The smallest absolute Gasteiger partial charge is 0.236 e. The molecule has 6 nitrogen and oxygen atoms in total. The van der Waals surface area contributed by atoms with E-state index in [4.69, 9.17) is 9.72 Å². The van der Waals surface area contributed by atoms with Gasteiger partial charge in [-0.2, -0.15) is 0 Å². The van der Waals surface area contributed by atoms with Crippen molar-refractivity contribution in [1.82, 2.24) is 9.88 Å². The van der Waals surface area contributed by atoms with Gasteiger partial charge in [0.1, 0.15) is 17.4 Å². The van der Waals surface area contributed by atoms with Gasteiger partial charge in [0.15, 0.2) is 0 Å². The zero-order valence-electron chi connectivity index (χ0n) is 18.1. The number of benzene rings is 2. The minimum absolute atomic E-state index is 0.0183. The van der Waals surface area contributed by atoms with Crippen molar-refractivity contribution in [3.63, 3.8) is 0 Å². The Morgan fingerprint density at radius 1 is 1.03 bits per heavy atom. The van der Waals surface area contributed by atoms with Crippen molar-refractivity contribution in [3.05, 3.63) is 60.2 Å². The molecule has 0 spiro atoms. The molecule has 1 aliphatic heterocycles. The zero-order chi connectivity index (χ0) is 21.4. The number of nitrogens with one attached hydrogen (secondary N) is 1. The van der Waals surface area contributed by atoms with Crippen LogP contribution in [-0.4, -0.2) is 56.1 Å². The van der Waals surface area contributed by atoms with Gasteiger partial charge in [-0.15, -0.1) is 0 Å². The molecule has 1 saturated heterocycles. The number of methoxy groups -OCH3 is 1. The van der Waals surface area contributed by atoms with Crippen LogP contribution in [0, 0.1) is 0 Å². The van der Waals surface area contributed by atoms with E-state index in [1.807, 2.05) is 42.5 Å². The van der Waals surface area contributed by atoms with Crippen molar-refractivity contribution >= 4 is 28.3 Å². The van der Waals surface area contributed by atoms with E-state index in [2.05, 4.69) is 34.3 Å². The lowest BCUT2D eigenvalue weighted by Crippen LogP contribution is -2.45. The van der Waals surface area contributed by atoms with Crippen molar-refractivity contribution in [2.45, 2.75) is 18.3 Å². The normalized spacial score (nSPS) is 18.1. The maximum atomic E-state index is 13.3. The van der Waals surface area contributed by atoms with Gasteiger partial charge in [-0.3, -0.25) is 4.79 Å². The molecule has 5 rings (SSSR count). The highest BCUT2D eigenvalue weighted by atomic mass is 16.5. The number of anilines is 2. The molecule has 160 valence electrons. The van der Waals surface area contributed by atoms with Crippen LogP contribution >= 0.6 is 0 Å². The number of ether oxygens (including phenoxy) is 1. The summed E-state index contributed by atoms with van der Waals surface area (Å²) in [7, 11) is 3.80. The highest BCUT2D eigenvalue weighted by Gasteiger charge is 2.51. The van der Waals surface area contributed by atoms with Crippen molar-refractivity contribution in [1.29, 1.82) is 0 Å². The number of rotatable bonds is 5. The summed E-state index contributed by atoms with van der Waals surface area (Å²) in [6, 6.07) is 18.1. The summed E-state index contributed by atoms with van der Waals surface area (Å²) in [5.41, 5.74) is 0.569. The molecule has 0 radical (unpaired) electrons. The van der Waals surface area contributed by atoms with Crippen LogP contribution in [0.2, 0.25) is 0 Å². The summed E-state index contributed by atoms with van der Waals surface area (Å²) >= 11 is 0. The molecule has 2 aliphatic rings. The van der Waals surface area contributed by atoms with E-state index in [0.717, 1.165) is 66.9 Å². The standard InChI is InChI=1S/C25H28N4O2/c1-28-13-15-29(16-14-28)23-21-6-4-3-5-18(21)17-22(26-23)27-24(30)25(11-12-25)19-7-9-20(31-2)10-8-19/h3-10,17H,11-16H2,1-2H3,(H,26,27,30). The number of hydrogen-bond donors (Lipinski definition) is 1. The minimum Gasteiger partial charge on any atom is -0.497 e. The topological polar surface area (TPSA) is 57.7 Å². The first kappa shape index (κ1) is 19.8. The third kappa shape index (κ3) is 3.72. The van der Waals surface area contributed by atoms with Gasteiger partial charge in [0.2, 0.25) is 5.91 Å². The number of amides is 1. The summed E-state index contributed by atoms with van der Waals surface area (Å²) in [4.78, 5) is 22.9. The molecular weight excluding hydrogens is 388 g/mol. The Balaban J connectivity index is 1.44. The molecule has 1 saturated carbocycles. The minimum atomic E-state index is -0.465. The van der Waals surface area contributed by atoms with Crippen molar-refractivity contribution < 1.29 is 9.53 Å². The second kappa shape index (κ2) is 7.85. The Kier molecular flexibility index (Phi) is 5.02. The monoisotopic (exact) mass is 416 g/mol. The van der Waals surface area contributed by atoms with Crippen LogP contribution in [0.15, 0.2) is 54.6 Å². The molecule has 0 bridgehead atoms. The number of aromatic nitrogens is 1. The SMILES string of the molecule is COc1ccc(C2(C(=O)Nc3cc4ccccc4c(N4CCN(C)CC4)n3)CC2)cc1. The van der Waals surface area contributed by atoms with Crippen molar-refractivity contribution in [3.8, 4) is 5.75 Å². The second-order valence-electron chi connectivity index (χ2n) is 8.61. The van der Waals surface area contributed by atoms with E-state index in [9.17, 15) is 4.79 Å². The van der Waals surface area contributed by atoms with Crippen LogP contribution < -0.4 is 15.0 Å². The maximum absolute atomic E-state index is 13.3. The number of hydrogen-bond acceptors (Lipinski definition) is 5. The van der Waals surface area contributed by atoms with Gasteiger partial charge in [-0.1, -0.05) is 36.4 Å². The average molecular weight is 417 g/mol. The molecule has 1 amide bonds. The Morgan fingerprint density at radius 2 is 1.74 bits per heavy atom. The summed E-state index contributed by atoms with van der Waals surface area (Å²) in [6.45, 7) is 3.88. The molecule has 0 atom stereocenters. The van der Waals surface area contributed by atoms with Gasteiger partial charge in [0.25, 0.3) is 0 Å². The first-order valence-electron chi connectivity index (χ1n) is 10.9. The third-order valence-electron chi connectivity index (χ3n) is 6.59. The fraction of sp³-hybridized carbons (Fsp3) is 0.360. The summed E-state index contributed by atoms with van der Waals surface area (Å²) < 4.78 is 5.26. The van der Waals surface area contributed by atoms with Gasteiger partial charge in [0.05, 0.1) is 12.5 Å². The first-order chi connectivity index (χ1) is 15.1. The maximum Gasteiger partial charge on any atom is 0.236 e. The summed E-state index contributed by atoms with van der Waals surface area (Å²) in [5, 5.41) is 5.35. The predicted molar refractivity (Wildman–Crippen MR) is 124 cm³/mol. The summed E-state index contributed by atoms with van der Waals surface area (Å²) in [5.74, 6) is 2.39. The van der Waals surface area contributed by atoms with Crippen LogP contribution in [0.4, 0.5) is 11.6 Å². The number of carbonyl (C=O) groups excluding carboxylic acids is 1. The Labute approximate surface area is 182 Å². The van der Waals surface area contributed by atoms with Crippen molar-refractivity contribution in [2.24, 2.45) is 0 Å². The molecule has 6 heteroatoms. The van der Waals surface area contributed by atoms with E-state index in [0.29, 0.717) is 5.82 Å². The molecule has 0 unspecified atom stereocenters. The molecule has 1 aromatic heterocycles. The number of carbonyl (C=O) groups is 1. The number of nitrogens with zero attached hydrogens (tertiary/aromatic N) is 3. The van der Waals surface area contributed by atoms with E-state index < -0.39 is 5.41 Å². The van der Waals surface area contributed by atoms with Gasteiger partial charge >= 0.3 is 0 Å². The second-order valence-corrected chi connectivity index (χ2v) is 8.61. The van der Waals surface area contributed by atoms with Crippen LogP contribution in [0.5, 0.6) is 5.75 Å². The van der Waals surface area contributed by atoms with Crippen molar-refractivity contribution in [2.75, 3.05) is 50.6 Å². The predicted octanol–water partition coefficient (Wildman–Crippen LogP) is 3.67. The van der Waals surface area contributed by atoms with Gasteiger partial charge in [-0.25, -0.2) is 4.98 Å². The molecule has 2 fully saturated rings. The highest BCUT2D eigenvalue weighted by Crippen LogP contribution is 2.49. The fourth-order valence-corrected chi connectivity index (χ4v) is 4.42. The first-order valence-corrected chi connectivity index (χ1v) is 10.9. The lowest BCUT2D eigenvalue weighted by Gasteiger charge is -2.34. The van der Waals surface area contributed by atoms with Crippen LogP contribution in [0.1, 0.15) is 18.4 Å². The molecule has 2 aromatic carbocycles. The quantitative estimate of drug-likeness (QED) is 0.688. The molecule has 1 aliphatic carbocycles. The largest absolute Gasteiger partial charge is 0.497 e. The lowest BCUT2D eigenvalue weighted by atomic mass is 9.95. The fourth-order valence-electron chi connectivity index (χ4n) is 4.42. The van der Waals surface area contributed by atoms with E-state index >= 15 is 0 Å². The molecule has 31 heavy (non-hydrogen) atoms. The lowest BCUT2D eigenvalue weighted by molar-refractivity contribution is -0.118. The van der Waals surface area contributed by atoms with Crippen LogP contribution in [-0.2, 0) is 10.2 Å². The highest BCUT2D eigenvalue weighted by molar-refractivity contribution is 6.03. The van der Waals surface area contributed by atoms with Crippen LogP contribution in [0.25, 0.3) is 10.8 Å². The number of likely N-dealkylation sites (N-methyl/N-ethyl adjacent to an activating group) is 1. The molecule has 3 aromatic rings. The Bertz CT molecular complexity index is 1100. The van der Waals surface area contributed by atoms with Gasteiger partial charge < -0.3 is 19.9 Å². The third-order valence-corrected chi connectivity index (χ3v) is 6.59. The number of fused-ring (bicyclic) bond motifs is 1. The average Bonchev–Trinajstić information content (AvgIpc) is 3.61. The van der Waals surface area contributed by atoms with E-state index in [-0.39, 0.29) is 5.91 Å². The number of piperazine rings is 1. The van der Waals surface area contributed by atoms with E-state index in [1.54, 1.807) is 7.11 Å². The van der Waals surface area contributed by atoms with Crippen LogP contribution in [0.3, 0.4) is 0 Å². The molecule has 1 N–H and O–H groups in total. The summed E-state index contributed by atoms with van der Waals surface area (Å²) in [6.07, 6.45) is 1.70. The zero-order valence-corrected chi connectivity index (χ0v) is 18.1. The molecular formula is C25H28N4O2. The van der Waals surface area contributed by atoms with Gasteiger partial charge in [-0.05, 0) is 49.0 Å².